The molecule has 0 unspecified atom stereocenters. The Kier molecular flexibility index (Phi) is 9.84. The molecule has 324 valence electrons. The standard InChI is InChI=1S/C66H44N2O/c1-6-19-45(20-7-1)48-34-41-57-60(43-48)63(58-31-18-32-59-64-55-30-17-16-23-47(55)35-42-62(64)69-66(58)59)56-40-33-49(46-21-8-2-9-22-46)44-61(56)65(57)68(52-28-14-5-15-29-52)54-38-36-53(37-39-54)67(50-24-10-3-11-25-50)51-26-12-4-13-27-51/h1-44H. The van der Waals surface area contributed by atoms with E-state index >= 15 is 0 Å². The van der Waals surface area contributed by atoms with E-state index in [4.69, 9.17) is 4.42 Å². The lowest BCUT2D eigenvalue weighted by atomic mass is 9.86. The fourth-order valence-corrected chi connectivity index (χ4v) is 10.5. The summed E-state index contributed by atoms with van der Waals surface area (Å²) in [4.78, 5) is 4.77. The number of anilines is 6. The van der Waals surface area contributed by atoms with Crippen molar-refractivity contribution in [2.45, 2.75) is 0 Å². The lowest BCUT2D eigenvalue weighted by Crippen LogP contribution is -2.13. The van der Waals surface area contributed by atoms with Gasteiger partial charge in [0.25, 0.3) is 0 Å². The van der Waals surface area contributed by atoms with E-state index in [9.17, 15) is 0 Å². The number of nitrogens with zero attached hydrogens (tertiary/aromatic N) is 2. The van der Waals surface area contributed by atoms with Crippen LogP contribution in [0.5, 0.6) is 0 Å². The van der Waals surface area contributed by atoms with E-state index in [0.29, 0.717) is 0 Å². The molecule has 3 nitrogen and oxygen atoms in total. The van der Waals surface area contributed by atoms with Crippen LogP contribution in [0.2, 0.25) is 0 Å². The number of hydrogen-bond acceptors (Lipinski definition) is 3. The van der Waals surface area contributed by atoms with Crippen LogP contribution in [0.3, 0.4) is 0 Å². The van der Waals surface area contributed by atoms with Crippen LogP contribution in [0.1, 0.15) is 0 Å². The van der Waals surface area contributed by atoms with Crippen LogP contribution in [-0.2, 0) is 0 Å². The van der Waals surface area contributed by atoms with Gasteiger partial charge in [-0.1, -0.05) is 188 Å². The third kappa shape index (κ3) is 6.99. The lowest BCUT2D eigenvalue weighted by molar-refractivity contribution is 0.670. The molecule has 13 aromatic rings. The second-order valence-corrected chi connectivity index (χ2v) is 17.6. The summed E-state index contributed by atoms with van der Waals surface area (Å²) in [5, 5.41) is 9.17. The van der Waals surface area contributed by atoms with Gasteiger partial charge < -0.3 is 14.2 Å². The Morgan fingerprint density at radius 2 is 0.754 bits per heavy atom. The number of para-hydroxylation sites is 4. The monoisotopic (exact) mass is 880 g/mol. The Morgan fingerprint density at radius 1 is 0.275 bits per heavy atom. The van der Waals surface area contributed by atoms with Gasteiger partial charge in [0.05, 0.1) is 5.69 Å². The van der Waals surface area contributed by atoms with Crippen LogP contribution in [-0.4, -0.2) is 0 Å². The molecule has 0 fully saturated rings. The van der Waals surface area contributed by atoms with Gasteiger partial charge in [0.1, 0.15) is 11.2 Å². The molecule has 0 amide bonds. The van der Waals surface area contributed by atoms with Crippen LogP contribution >= 0.6 is 0 Å². The highest BCUT2D eigenvalue weighted by molar-refractivity contribution is 6.27. The molecular weight excluding hydrogens is 837 g/mol. The van der Waals surface area contributed by atoms with E-state index in [1.165, 1.54) is 10.8 Å². The summed E-state index contributed by atoms with van der Waals surface area (Å²) in [5.74, 6) is 0. The normalized spacial score (nSPS) is 11.5. The summed E-state index contributed by atoms with van der Waals surface area (Å²) in [5.41, 5.74) is 15.1. The molecule has 12 aromatic carbocycles. The molecule has 0 saturated carbocycles. The third-order valence-corrected chi connectivity index (χ3v) is 13.6. The molecule has 0 spiro atoms. The summed E-state index contributed by atoms with van der Waals surface area (Å²) in [6.45, 7) is 0. The number of hydrogen-bond donors (Lipinski definition) is 0. The van der Waals surface area contributed by atoms with Crippen LogP contribution < -0.4 is 9.80 Å². The number of fused-ring (bicyclic) bond motifs is 7. The van der Waals surface area contributed by atoms with Crippen molar-refractivity contribution < 1.29 is 4.42 Å². The van der Waals surface area contributed by atoms with Crippen molar-refractivity contribution in [3.8, 4) is 33.4 Å². The van der Waals surface area contributed by atoms with Gasteiger partial charge in [-0.05, 0) is 123 Å². The molecule has 3 heteroatoms. The van der Waals surface area contributed by atoms with Gasteiger partial charge >= 0.3 is 0 Å². The molecule has 0 aliphatic heterocycles. The van der Waals surface area contributed by atoms with Crippen molar-refractivity contribution >= 4 is 88.4 Å². The maximum Gasteiger partial charge on any atom is 0.143 e. The van der Waals surface area contributed by atoms with E-state index in [1.807, 2.05) is 0 Å². The minimum Gasteiger partial charge on any atom is -0.455 e. The predicted molar refractivity (Wildman–Crippen MR) is 292 cm³/mol. The molecule has 0 aliphatic carbocycles. The van der Waals surface area contributed by atoms with Gasteiger partial charge in [0.2, 0.25) is 0 Å². The molecule has 0 atom stereocenters. The average molecular weight is 881 g/mol. The van der Waals surface area contributed by atoms with Crippen molar-refractivity contribution in [1.82, 2.24) is 0 Å². The summed E-state index contributed by atoms with van der Waals surface area (Å²) >= 11 is 0. The fraction of sp³-hybridized carbons (Fsp3) is 0. The van der Waals surface area contributed by atoms with E-state index < -0.39 is 0 Å². The fourth-order valence-electron chi connectivity index (χ4n) is 10.5. The summed E-state index contributed by atoms with van der Waals surface area (Å²) < 4.78 is 7.05. The minimum absolute atomic E-state index is 0.883. The first-order chi connectivity index (χ1) is 34.2. The van der Waals surface area contributed by atoms with Gasteiger partial charge in [0.15, 0.2) is 0 Å². The van der Waals surface area contributed by atoms with Crippen molar-refractivity contribution in [3.05, 3.63) is 267 Å². The first kappa shape index (κ1) is 40.1. The second-order valence-electron chi connectivity index (χ2n) is 17.6. The quantitative estimate of drug-likeness (QED) is 0.135. The summed E-state index contributed by atoms with van der Waals surface area (Å²) in [6.07, 6.45) is 0. The second kappa shape index (κ2) is 16.9. The molecule has 1 aromatic heterocycles. The van der Waals surface area contributed by atoms with E-state index in [0.717, 1.165) is 111 Å². The van der Waals surface area contributed by atoms with Crippen molar-refractivity contribution in [2.24, 2.45) is 0 Å². The van der Waals surface area contributed by atoms with Crippen LogP contribution in [0.25, 0.3) is 87.6 Å². The summed E-state index contributed by atoms with van der Waals surface area (Å²) in [7, 11) is 0. The Morgan fingerprint density at radius 3 is 1.36 bits per heavy atom. The van der Waals surface area contributed by atoms with Gasteiger partial charge in [-0.25, -0.2) is 0 Å². The van der Waals surface area contributed by atoms with Crippen molar-refractivity contribution in [1.29, 1.82) is 0 Å². The predicted octanol–water partition coefficient (Wildman–Crippen LogP) is 19.0. The Labute approximate surface area is 401 Å². The molecule has 69 heavy (non-hydrogen) atoms. The highest BCUT2D eigenvalue weighted by atomic mass is 16.3. The topological polar surface area (TPSA) is 19.6 Å². The SMILES string of the molecule is c1ccc(-c2ccc3c(N(c4ccccc4)c4ccc(N(c5ccccc5)c5ccccc5)cc4)c4cc(-c5ccccc5)ccc4c(-c4cccc5c4oc4ccc6ccccc6c45)c3c2)cc1. The van der Waals surface area contributed by atoms with Gasteiger partial charge in [-0.15, -0.1) is 0 Å². The highest BCUT2D eigenvalue weighted by Crippen LogP contribution is 2.52. The van der Waals surface area contributed by atoms with Crippen molar-refractivity contribution in [3.63, 3.8) is 0 Å². The number of rotatable bonds is 9. The molecular formula is C66H44N2O. The zero-order valence-electron chi connectivity index (χ0n) is 37.7. The zero-order valence-corrected chi connectivity index (χ0v) is 37.7. The van der Waals surface area contributed by atoms with Crippen LogP contribution in [0.15, 0.2) is 271 Å². The summed E-state index contributed by atoms with van der Waals surface area (Å²) in [6, 6.07) is 96.1. The lowest BCUT2D eigenvalue weighted by Gasteiger charge is -2.31. The smallest absolute Gasteiger partial charge is 0.143 e. The van der Waals surface area contributed by atoms with E-state index in [2.05, 4.69) is 277 Å². The molecule has 0 N–H and O–H groups in total. The molecule has 0 radical (unpaired) electrons. The average Bonchev–Trinajstić information content (AvgIpc) is 3.82. The molecule has 0 saturated heterocycles. The van der Waals surface area contributed by atoms with Crippen LogP contribution in [0.4, 0.5) is 34.1 Å². The number of benzene rings is 12. The minimum atomic E-state index is 0.883. The maximum absolute atomic E-state index is 7.05. The third-order valence-electron chi connectivity index (χ3n) is 13.6. The van der Waals surface area contributed by atoms with E-state index in [-0.39, 0.29) is 0 Å². The Hall–Kier alpha value is -9.18. The molecule has 1 heterocycles. The Bertz CT molecular complexity index is 3940. The van der Waals surface area contributed by atoms with Gasteiger partial charge in [0, 0.05) is 61.1 Å². The Balaban J connectivity index is 1.12. The molecule has 0 bridgehead atoms. The van der Waals surface area contributed by atoms with Crippen molar-refractivity contribution in [2.75, 3.05) is 9.80 Å². The van der Waals surface area contributed by atoms with E-state index in [1.54, 1.807) is 0 Å². The molecule has 0 aliphatic rings. The van der Waals surface area contributed by atoms with Gasteiger partial charge in [-0.2, -0.15) is 0 Å². The van der Waals surface area contributed by atoms with Crippen LogP contribution in [0, 0.1) is 0 Å². The first-order valence-corrected chi connectivity index (χ1v) is 23.6. The first-order valence-electron chi connectivity index (χ1n) is 23.6. The zero-order chi connectivity index (χ0) is 45.7. The highest BCUT2D eigenvalue weighted by Gasteiger charge is 2.26. The number of furan rings is 1. The largest absolute Gasteiger partial charge is 0.455 e. The maximum atomic E-state index is 7.05. The molecule has 13 rings (SSSR count). The van der Waals surface area contributed by atoms with Gasteiger partial charge in [-0.3, -0.25) is 0 Å².